The van der Waals surface area contributed by atoms with Crippen LogP contribution in [0.1, 0.15) is 32.1 Å². The predicted octanol–water partition coefficient (Wildman–Crippen LogP) is 4.61. The molecule has 7 heteroatoms. The summed E-state index contributed by atoms with van der Waals surface area (Å²) in [6.07, 6.45) is 5.01. The van der Waals surface area contributed by atoms with Gasteiger partial charge in [0.25, 0.3) is 0 Å². The van der Waals surface area contributed by atoms with Gasteiger partial charge >= 0.3 is 6.03 Å². The molecule has 1 aliphatic rings. The number of benzene rings is 2. The van der Waals surface area contributed by atoms with Crippen molar-refractivity contribution in [1.82, 2.24) is 4.90 Å². The Bertz CT molecular complexity index is 831. The summed E-state index contributed by atoms with van der Waals surface area (Å²) in [5.41, 5.74) is 7.30. The number of thiocarbonyl (C=S) groups is 1. The largest absolute Gasteiger partial charge is 0.494 e. The summed E-state index contributed by atoms with van der Waals surface area (Å²) in [5, 5.41) is 3.14. The number of carbonyl (C=O) groups excluding carboxylic acids is 1. The normalized spacial score (nSPS) is 14.3. The molecule has 0 radical (unpaired) electrons. The van der Waals surface area contributed by atoms with Crippen LogP contribution in [0, 0.1) is 0 Å². The van der Waals surface area contributed by atoms with Gasteiger partial charge in [-0.3, -0.25) is 4.90 Å². The number of unbranched alkanes of at least 4 members (excludes halogenated alkanes) is 2. The highest BCUT2D eigenvalue weighted by molar-refractivity contribution is 7.80. The Hall–Kier alpha value is -2.80. The summed E-state index contributed by atoms with van der Waals surface area (Å²) in [7, 11) is 0. The van der Waals surface area contributed by atoms with Crippen molar-refractivity contribution in [3.05, 3.63) is 54.6 Å². The number of urea groups is 1. The van der Waals surface area contributed by atoms with Gasteiger partial charge in [0, 0.05) is 37.1 Å². The van der Waals surface area contributed by atoms with E-state index < -0.39 is 0 Å². The molecule has 0 saturated carbocycles. The average molecular weight is 427 g/mol. The number of hydrogen-bond acceptors (Lipinski definition) is 3. The number of rotatable bonds is 9. The first-order chi connectivity index (χ1) is 14.6. The zero-order valence-corrected chi connectivity index (χ0v) is 18.1. The molecule has 3 rings (SSSR count). The van der Waals surface area contributed by atoms with E-state index >= 15 is 0 Å². The van der Waals surface area contributed by atoms with Crippen molar-refractivity contribution in [2.24, 2.45) is 5.73 Å². The second-order valence-electron chi connectivity index (χ2n) is 7.39. The molecule has 1 heterocycles. The second-order valence-corrected chi connectivity index (χ2v) is 7.83. The quantitative estimate of drug-likeness (QED) is 0.452. The minimum atomic E-state index is 0.122. The maximum atomic E-state index is 13.0. The van der Waals surface area contributed by atoms with Crippen LogP contribution < -0.4 is 20.7 Å². The molecule has 0 aliphatic carbocycles. The Morgan fingerprint density at radius 1 is 1.03 bits per heavy atom. The maximum Gasteiger partial charge on any atom is 0.324 e. The van der Waals surface area contributed by atoms with Crippen molar-refractivity contribution in [2.45, 2.75) is 32.1 Å². The van der Waals surface area contributed by atoms with Crippen LogP contribution in [0.2, 0.25) is 0 Å². The molecule has 0 aromatic heterocycles. The van der Waals surface area contributed by atoms with Crippen molar-refractivity contribution in [3.63, 3.8) is 0 Å². The molecule has 0 bridgehead atoms. The smallest absolute Gasteiger partial charge is 0.324 e. The van der Waals surface area contributed by atoms with Crippen molar-refractivity contribution < 1.29 is 9.53 Å². The Kier molecular flexibility index (Phi) is 8.32. The molecule has 2 aromatic carbocycles. The van der Waals surface area contributed by atoms with Gasteiger partial charge in [-0.1, -0.05) is 24.3 Å². The first kappa shape index (κ1) is 21.9. The van der Waals surface area contributed by atoms with E-state index in [0.717, 1.165) is 68.9 Å². The number of para-hydroxylation sites is 1. The minimum Gasteiger partial charge on any atom is -0.494 e. The lowest BCUT2D eigenvalue weighted by molar-refractivity contribution is 0.206. The topological polar surface area (TPSA) is 70.8 Å². The molecule has 2 aromatic rings. The van der Waals surface area contributed by atoms with E-state index in [1.54, 1.807) is 0 Å². The van der Waals surface area contributed by atoms with Crippen molar-refractivity contribution in [3.8, 4) is 5.75 Å². The number of amides is 2. The van der Waals surface area contributed by atoms with Gasteiger partial charge in [0.05, 0.1) is 6.61 Å². The zero-order valence-electron chi connectivity index (χ0n) is 17.3. The van der Waals surface area contributed by atoms with Gasteiger partial charge in [-0.15, -0.1) is 0 Å². The number of ether oxygens (including phenoxy) is 1. The Balaban J connectivity index is 1.39. The molecule has 6 nitrogen and oxygen atoms in total. The van der Waals surface area contributed by atoms with Gasteiger partial charge < -0.3 is 20.7 Å². The van der Waals surface area contributed by atoms with Crippen molar-refractivity contribution >= 4 is 34.7 Å². The fourth-order valence-electron chi connectivity index (χ4n) is 3.57. The highest BCUT2D eigenvalue weighted by Gasteiger charge is 2.24. The highest BCUT2D eigenvalue weighted by atomic mass is 32.1. The van der Waals surface area contributed by atoms with Crippen LogP contribution in [0.5, 0.6) is 5.75 Å². The highest BCUT2D eigenvalue weighted by Crippen LogP contribution is 2.20. The Morgan fingerprint density at radius 2 is 1.83 bits per heavy atom. The van der Waals surface area contributed by atoms with Crippen LogP contribution in [0.25, 0.3) is 0 Å². The zero-order chi connectivity index (χ0) is 21.2. The molecule has 1 fully saturated rings. The summed E-state index contributed by atoms with van der Waals surface area (Å²) in [5.74, 6) is 0.789. The summed E-state index contributed by atoms with van der Waals surface area (Å²) in [6, 6.07) is 17.7. The Labute approximate surface area is 184 Å². The van der Waals surface area contributed by atoms with Gasteiger partial charge in [-0.25, -0.2) is 4.79 Å². The third-order valence-electron chi connectivity index (χ3n) is 5.07. The van der Waals surface area contributed by atoms with E-state index in [4.69, 9.17) is 22.7 Å². The van der Waals surface area contributed by atoms with Crippen LogP contribution >= 0.6 is 12.2 Å². The molecule has 0 spiro atoms. The summed E-state index contributed by atoms with van der Waals surface area (Å²) >= 11 is 4.86. The maximum absolute atomic E-state index is 13.0. The van der Waals surface area contributed by atoms with Gasteiger partial charge in [0.1, 0.15) is 5.75 Å². The lowest BCUT2D eigenvalue weighted by Crippen LogP contribution is -2.42. The van der Waals surface area contributed by atoms with Gasteiger partial charge in [0.2, 0.25) is 0 Å². The van der Waals surface area contributed by atoms with E-state index in [2.05, 4.69) is 5.32 Å². The van der Waals surface area contributed by atoms with Gasteiger partial charge in [-0.2, -0.15) is 0 Å². The molecule has 3 N–H and O–H groups in total. The molecular weight excluding hydrogens is 396 g/mol. The first-order valence-corrected chi connectivity index (χ1v) is 10.9. The molecule has 0 atom stereocenters. The Morgan fingerprint density at radius 3 is 2.63 bits per heavy atom. The second kappa shape index (κ2) is 11.4. The average Bonchev–Trinajstić information content (AvgIpc) is 2.92. The summed E-state index contributed by atoms with van der Waals surface area (Å²) in [4.78, 5) is 16.9. The van der Waals surface area contributed by atoms with E-state index in [1.807, 2.05) is 64.4 Å². The summed E-state index contributed by atoms with van der Waals surface area (Å²) in [6.45, 7) is 3.05. The van der Waals surface area contributed by atoms with E-state index in [1.165, 1.54) is 0 Å². The minimum absolute atomic E-state index is 0.122. The standard InChI is InChI=1S/C23H30N4O2S/c24-22(30)25-19-10-9-13-21(18-19)29-17-8-2-5-14-26-15-6-7-16-27(23(26)28)20-11-3-1-4-12-20/h1,3-4,9-13,18H,2,5-8,14-17H2,(H3,24,25,30). The fraction of sp³-hybridized carbons (Fsp3) is 0.391. The molecule has 160 valence electrons. The summed E-state index contributed by atoms with van der Waals surface area (Å²) < 4.78 is 5.82. The van der Waals surface area contributed by atoms with Crippen LogP contribution in [-0.2, 0) is 0 Å². The molecule has 1 aliphatic heterocycles. The van der Waals surface area contributed by atoms with Crippen molar-refractivity contribution in [2.75, 3.05) is 36.5 Å². The number of anilines is 2. The lowest BCUT2D eigenvalue weighted by Gasteiger charge is -2.27. The van der Waals surface area contributed by atoms with Gasteiger partial charge in [0.15, 0.2) is 5.11 Å². The molecule has 0 unspecified atom stereocenters. The molecule has 30 heavy (non-hydrogen) atoms. The number of hydrogen-bond donors (Lipinski definition) is 2. The van der Waals surface area contributed by atoms with E-state index in [0.29, 0.717) is 6.61 Å². The molecular formula is C23H30N4O2S. The first-order valence-electron chi connectivity index (χ1n) is 10.5. The number of nitrogens with two attached hydrogens (primary N) is 1. The van der Waals surface area contributed by atoms with Crippen LogP contribution in [0.3, 0.4) is 0 Å². The fourth-order valence-corrected chi connectivity index (χ4v) is 3.68. The molecule has 2 amide bonds. The van der Waals surface area contributed by atoms with Crippen LogP contribution in [0.15, 0.2) is 54.6 Å². The third-order valence-corrected chi connectivity index (χ3v) is 5.17. The predicted molar refractivity (Wildman–Crippen MR) is 126 cm³/mol. The third kappa shape index (κ3) is 6.62. The monoisotopic (exact) mass is 426 g/mol. The number of nitrogens with one attached hydrogen (secondary N) is 1. The van der Waals surface area contributed by atoms with Crippen molar-refractivity contribution in [1.29, 1.82) is 0 Å². The SMILES string of the molecule is NC(=S)Nc1cccc(OCCCCCN2CCCCN(c3ccccc3)C2=O)c1. The number of carbonyl (C=O) groups is 1. The van der Waals surface area contributed by atoms with Crippen LogP contribution in [0.4, 0.5) is 16.2 Å². The van der Waals surface area contributed by atoms with E-state index in [-0.39, 0.29) is 11.1 Å². The van der Waals surface area contributed by atoms with Crippen LogP contribution in [-0.4, -0.2) is 42.3 Å². The van der Waals surface area contributed by atoms with Gasteiger partial charge in [-0.05, 0) is 68.6 Å². The van der Waals surface area contributed by atoms with E-state index in [9.17, 15) is 4.79 Å². The lowest BCUT2D eigenvalue weighted by atomic mass is 10.2. The number of nitrogens with zero attached hydrogens (tertiary/aromatic N) is 2. The molecule has 1 saturated heterocycles.